The van der Waals surface area contributed by atoms with E-state index in [9.17, 15) is 0 Å². The van der Waals surface area contributed by atoms with Crippen LogP contribution in [-0.4, -0.2) is 10.1 Å². The van der Waals surface area contributed by atoms with E-state index in [0.29, 0.717) is 11.7 Å². The summed E-state index contributed by atoms with van der Waals surface area (Å²) in [5.74, 6) is 1.25. The molecule has 1 aromatic carbocycles. The van der Waals surface area contributed by atoms with Gasteiger partial charge in [0.05, 0.1) is 0 Å². The molecule has 4 heteroatoms. The van der Waals surface area contributed by atoms with Gasteiger partial charge >= 0.3 is 0 Å². The van der Waals surface area contributed by atoms with Gasteiger partial charge in [-0.2, -0.15) is 4.98 Å². The first-order valence-corrected chi connectivity index (χ1v) is 5.31. The summed E-state index contributed by atoms with van der Waals surface area (Å²) >= 11 is 2.29. The summed E-state index contributed by atoms with van der Waals surface area (Å²) in [6.07, 6.45) is 0. The summed E-state index contributed by atoms with van der Waals surface area (Å²) in [5.41, 5.74) is 2.23. The number of hydrogen-bond acceptors (Lipinski definition) is 3. The third-order valence-electron chi connectivity index (χ3n) is 1.95. The largest absolute Gasteiger partial charge is 0.334 e. The molecule has 0 N–H and O–H groups in total. The van der Waals surface area contributed by atoms with Crippen LogP contribution in [0.2, 0.25) is 0 Å². The maximum atomic E-state index is 5.08. The number of hydrogen-bond donors (Lipinski definition) is 0. The Morgan fingerprint density at radius 3 is 2.64 bits per heavy atom. The van der Waals surface area contributed by atoms with E-state index in [4.69, 9.17) is 4.52 Å². The quantitative estimate of drug-likeness (QED) is 0.760. The van der Waals surface area contributed by atoms with Gasteiger partial charge in [0.15, 0.2) is 5.82 Å². The van der Waals surface area contributed by atoms with Crippen LogP contribution in [0.1, 0.15) is 11.4 Å². The van der Waals surface area contributed by atoms with Crippen LogP contribution in [0.3, 0.4) is 0 Å². The lowest BCUT2D eigenvalue weighted by atomic mass is 10.1. The van der Waals surface area contributed by atoms with Crippen molar-refractivity contribution in [3.63, 3.8) is 0 Å². The molecule has 0 saturated heterocycles. The summed E-state index contributed by atoms with van der Waals surface area (Å²) in [6, 6.07) is 6.09. The molecule has 0 radical (unpaired) electrons. The zero-order valence-corrected chi connectivity index (χ0v) is 10.1. The van der Waals surface area contributed by atoms with Crippen LogP contribution in [0, 0.1) is 17.4 Å². The highest BCUT2D eigenvalue weighted by atomic mass is 127. The number of aromatic nitrogens is 2. The van der Waals surface area contributed by atoms with Gasteiger partial charge in [0, 0.05) is 9.13 Å². The standard InChI is InChI=1S/C10H9IN2O/c1-6-3-4-8(5-9(6)11)10-12-7(2)13-14-10/h3-5H,1-2H3. The lowest BCUT2D eigenvalue weighted by Gasteiger charge is -1.98. The number of nitrogens with zero attached hydrogens (tertiary/aromatic N) is 2. The van der Waals surface area contributed by atoms with Crippen LogP contribution in [0.25, 0.3) is 11.5 Å². The molecule has 0 spiro atoms. The molecule has 2 rings (SSSR count). The summed E-state index contributed by atoms with van der Waals surface area (Å²) in [7, 11) is 0. The molecule has 2 aromatic rings. The molecule has 0 aliphatic heterocycles. The van der Waals surface area contributed by atoms with E-state index in [1.807, 2.05) is 19.1 Å². The first kappa shape index (κ1) is 9.64. The van der Waals surface area contributed by atoms with Crippen molar-refractivity contribution in [2.24, 2.45) is 0 Å². The summed E-state index contributed by atoms with van der Waals surface area (Å²) in [6.45, 7) is 3.89. The molecule has 14 heavy (non-hydrogen) atoms. The normalized spacial score (nSPS) is 10.5. The molecule has 0 aliphatic carbocycles. The van der Waals surface area contributed by atoms with Gasteiger partial charge in [-0.3, -0.25) is 0 Å². The minimum Gasteiger partial charge on any atom is -0.334 e. The van der Waals surface area contributed by atoms with Gasteiger partial charge in [0.2, 0.25) is 0 Å². The van der Waals surface area contributed by atoms with Crippen molar-refractivity contribution in [1.29, 1.82) is 0 Å². The Balaban J connectivity index is 2.47. The van der Waals surface area contributed by atoms with E-state index in [2.05, 4.69) is 45.7 Å². The van der Waals surface area contributed by atoms with Crippen molar-refractivity contribution in [2.45, 2.75) is 13.8 Å². The second-order valence-electron chi connectivity index (χ2n) is 3.11. The maximum absolute atomic E-state index is 5.08. The number of rotatable bonds is 1. The Kier molecular flexibility index (Phi) is 2.54. The van der Waals surface area contributed by atoms with Gasteiger partial charge in [0.25, 0.3) is 5.89 Å². The molecular weight excluding hydrogens is 291 g/mol. The average molecular weight is 300 g/mol. The highest BCUT2D eigenvalue weighted by molar-refractivity contribution is 14.1. The van der Waals surface area contributed by atoms with Gasteiger partial charge in [-0.1, -0.05) is 11.2 Å². The average Bonchev–Trinajstić information content (AvgIpc) is 2.57. The van der Waals surface area contributed by atoms with Crippen molar-refractivity contribution < 1.29 is 4.52 Å². The van der Waals surface area contributed by atoms with Gasteiger partial charge in [-0.25, -0.2) is 0 Å². The van der Waals surface area contributed by atoms with Crippen molar-refractivity contribution in [3.05, 3.63) is 33.2 Å². The third-order valence-corrected chi connectivity index (χ3v) is 3.11. The predicted octanol–water partition coefficient (Wildman–Crippen LogP) is 2.96. The van der Waals surface area contributed by atoms with Crippen LogP contribution in [0.15, 0.2) is 22.7 Å². The minimum absolute atomic E-state index is 0.584. The predicted molar refractivity (Wildman–Crippen MR) is 61.9 cm³/mol. The Bertz CT molecular complexity index is 465. The molecular formula is C10H9IN2O. The Morgan fingerprint density at radius 2 is 2.07 bits per heavy atom. The molecule has 3 nitrogen and oxygen atoms in total. The van der Waals surface area contributed by atoms with Crippen molar-refractivity contribution in [1.82, 2.24) is 10.1 Å². The maximum Gasteiger partial charge on any atom is 0.257 e. The van der Waals surface area contributed by atoms with E-state index in [1.54, 1.807) is 0 Å². The Labute approximate surface area is 95.7 Å². The van der Waals surface area contributed by atoms with Gasteiger partial charge in [-0.05, 0) is 54.1 Å². The fourth-order valence-corrected chi connectivity index (χ4v) is 1.66. The minimum atomic E-state index is 0.584. The Morgan fingerprint density at radius 1 is 1.29 bits per heavy atom. The molecule has 1 heterocycles. The highest BCUT2D eigenvalue weighted by Gasteiger charge is 2.06. The third kappa shape index (κ3) is 1.79. The molecule has 0 atom stereocenters. The molecule has 72 valence electrons. The van der Waals surface area contributed by atoms with E-state index in [1.165, 1.54) is 9.13 Å². The lowest BCUT2D eigenvalue weighted by Crippen LogP contribution is -1.83. The second-order valence-corrected chi connectivity index (χ2v) is 4.27. The van der Waals surface area contributed by atoms with Crippen molar-refractivity contribution >= 4 is 22.6 Å². The van der Waals surface area contributed by atoms with Crippen LogP contribution < -0.4 is 0 Å². The highest BCUT2D eigenvalue weighted by Crippen LogP contribution is 2.21. The van der Waals surface area contributed by atoms with Gasteiger partial charge in [0.1, 0.15) is 0 Å². The van der Waals surface area contributed by atoms with E-state index >= 15 is 0 Å². The summed E-state index contributed by atoms with van der Waals surface area (Å²) < 4.78 is 6.29. The van der Waals surface area contributed by atoms with Crippen LogP contribution in [0.5, 0.6) is 0 Å². The number of aryl methyl sites for hydroxylation is 2. The summed E-state index contributed by atoms with van der Waals surface area (Å²) in [5, 5.41) is 3.76. The summed E-state index contributed by atoms with van der Waals surface area (Å²) in [4.78, 5) is 4.17. The van der Waals surface area contributed by atoms with Gasteiger partial charge in [-0.15, -0.1) is 0 Å². The monoisotopic (exact) mass is 300 g/mol. The van der Waals surface area contributed by atoms with Crippen molar-refractivity contribution in [3.8, 4) is 11.5 Å². The topological polar surface area (TPSA) is 38.9 Å². The molecule has 0 saturated carbocycles. The van der Waals surface area contributed by atoms with E-state index < -0.39 is 0 Å². The van der Waals surface area contributed by atoms with E-state index in [0.717, 1.165) is 5.56 Å². The zero-order valence-electron chi connectivity index (χ0n) is 7.91. The molecule has 0 amide bonds. The SMILES string of the molecule is Cc1noc(-c2ccc(C)c(I)c2)n1. The Hall–Kier alpha value is -0.910. The lowest BCUT2D eigenvalue weighted by molar-refractivity contribution is 0.425. The smallest absolute Gasteiger partial charge is 0.257 e. The molecule has 0 fully saturated rings. The zero-order chi connectivity index (χ0) is 10.1. The first-order chi connectivity index (χ1) is 6.66. The van der Waals surface area contributed by atoms with Gasteiger partial charge < -0.3 is 4.52 Å². The molecule has 0 unspecified atom stereocenters. The van der Waals surface area contributed by atoms with Crippen LogP contribution in [-0.2, 0) is 0 Å². The molecule has 0 aliphatic rings. The first-order valence-electron chi connectivity index (χ1n) is 4.23. The van der Waals surface area contributed by atoms with Crippen LogP contribution in [0.4, 0.5) is 0 Å². The van der Waals surface area contributed by atoms with Crippen molar-refractivity contribution in [2.75, 3.05) is 0 Å². The number of halogens is 1. The fraction of sp³-hybridized carbons (Fsp3) is 0.200. The van der Waals surface area contributed by atoms with Crippen LogP contribution >= 0.6 is 22.6 Å². The fourth-order valence-electron chi connectivity index (χ4n) is 1.14. The van der Waals surface area contributed by atoms with E-state index in [-0.39, 0.29) is 0 Å². The number of benzene rings is 1. The molecule has 0 bridgehead atoms. The molecule has 1 aromatic heterocycles. The second kappa shape index (κ2) is 3.68.